The fourth-order valence-corrected chi connectivity index (χ4v) is 1.55. The highest BCUT2D eigenvalue weighted by molar-refractivity contribution is 5.21. The number of benzene rings is 1. The van der Waals surface area contributed by atoms with Crippen molar-refractivity contribution in [2.75, 3.05) is 0 Å². The first kappa shape index (κ1) is 11.5. The maximum atomic E-state index is 5.77. The molecule has 1 unspecified atom stereocenters. The predicted molar refractivity (Wildman–Crippen MR) is 65.4 cm³/mol. The molecule has 4 nitrogen and oxygen atoms in total. The monoisotopic (exact) mass is 229 g/mol. The minimum Gasteiger partial charge on any atom is -0.468 e. The summed E-state index contributed by atoms with van der Waals surface area (Å²) in [5.74, 6) is 0.506. The Bertz CT molecular complexity index is 473. The lowest BCUT2D eigenvalue weighted by atomic mass is 10.1. The van der Waals surface area contributed by atoms with Crippen LogP contribution in [0.5, 0.6) is 5.88 Å². The number of rotatable bonds is 4. The average Bonchev–Trinajstić information content (AvgIpc) is 2.40. The predicted octanol–water partition coefficient (Wildman–Crippen LogP) is 2.08. The van der Waals surface area contributed by atoms with Gasteiger partial charge >= 0.3 is 0 Å². The second kappa shape index (κ2) is 5.41. The first-order valence-electron chi connectivity index (χ1n) is 5.53. The van der Waals surface area contributed by atoms with Crippen LogP contribution in [0.15, 0.2) is 42.7 Å². The van der Waals surface area contributed by atoms with Gasteiger partial charge in [-0.2, -0.15) is 0 Å². The van der Waals surface area contributed by atoms with Crippen molar-refractivity contribution in [3.05, 3.63) is 54.0 Å². The number of hydrogen-bond acceptors (Lipinski definition) is 4. The van der Waals surface area contributed by atoms with Crippen molar-refractivity contribution in [3.8, 4) is 5.88 Å². The molecule has 1 aromatic heterocycles. The van der Waals surface area contributed by atoms with Gasteiger partial charge in [-0.25, -0.2) is 4.98 Å². The van der Waals surface area contributed by atoms with Crippen molar-refractivity contribution in [1.82, 2.24) is 9.97 Å². The second-order valence-corrected chi connectivity index (χ2v) is 3.68. The molecule has 1 heterocycles. The third-order valence-electron chi connectivity index (χ3n) is 2.49. The molecule has 0 radical (unpaired) electrons. The quantitative estimate of drug-likeness (QED) is 0.871. The highest BCUT2D eigenvalue weighted by Gasteiger charge is 2.10. The molecule has 0 saturated carbocycles. The molecule has 2 rings (SSSR count). The third kappa shape index (κ3) is 2.79. The van der Waals surface area contributed by atoms with Crippen LogP contribution in [0.3, 0.4) is 0 Å². The Hall–Kier alpha value is -1.94. The lowest BCUT2D eigenvalue weighted by Crippen LogP contribution is -2.09. The van der Waals surface area contributed by atoms with E-state index in [9.17, 15) is 0 Å². The van der Waals surface area contributed by atoms with Gasteiger partial charge in [-0.05, 0) is 12.5 Å². The summed E-state index contributed by atoms with van der Waals surface area (Å²) < 4.78 is 5.77. The number of hydrogen-bond donors (Lipinski definition) is 1. The Morgan fingerprint density at radius 3 is 2.59 bits per heavy atom. The lowest BCUT2D eigenvalue weighted by Gasteiger charge is -2.15. The van der Waals surface area contributed by atoms with E-state index in [0.29, 0.717) is 18.1 Å². The van der Waals surface area contributed by atoms with Gasteiger partial charge in [-0.1, -0.05) is 30.3 Å². The van der Waals surface area contributed by atoms with Gasteiger partial charge in [0, 0.05) is 18.9 Å². The zero-order valence-corrected chi connectivity index (χ0v) is 9.71. The summed E-state index contributed by atoms with van der Waals surface area (Å²) in [5.41, 5.74) is 7.36. The van der Waals surface area contributed by atoms with E-state index in [-0.39, 0.29) is 6.10 Å². The van der Waals surface area contributed by atoms with Crippen LogP contribution >= 0.6 is 0 Å². The zero-order valence-electron chi connectivity index (χ0n) is 9.71. The summed E-state index contributed by atoms with van der Waals surface area (Å²) >= 11 is 0. The Morgan fingerprint density at radius 1 is 1.18 bits per heavy atom. The van der Waals surface area contributed by atoms with Crippen LogP contribution in [0.1, 0.15) is 24.3 Å². The van der Waals surface area contributed by atoms with Crippen LogP contribution < -0.4 is 10.5 Å². The molecule has 0 saturated heterocycles. The summed E-state index contributed by atoms with van der Waals surface area (Å²) in [6.45, 7) is 2.30. The molecular weight excluding hydrogens is 214 g/mol. The summed E-state index contributed by atoms with van der Waals surface area (Å²) in [6.07, 6.45) is 3.15. The van der Waals surface area contributed by atoms with E-state index in [2.05, 4.69) is 9.97 Å². The molecule has 0 bridgehead atoms. The molecule has 1 aromatic carbocycles. The number of aromatic nitrogens is 2. The molecular formula is C13H15N3O. The minimum atomic E-state index is -0.0711. The van der Waals surface area contributed by atoms with Gasteiger partial charge in [0.05, 0.1) is 0 Å². The lowest BCUT2D eigenvalue weighted by molar-refractivity contribution is 0.213. The van der Waals surface area contributed by atoms with Gasteiger partial charge in [0.15, 0.2) is 0 Å². The summed E-state index contributed by atoms with van der Waals surface area (Å²) in [7, 11) is 0. The molecule has 4 heteroatoms. The molecule has 0 aliphatic rings. The van der Waals surface area contributed by atoms with Crippen LogP contribution in [-0.2, 0) is 6.54 Å². The van der Waals surface area contributed by atoms with Crippen molar-refractivity contribution >= 4 is 0 Å². The standard InChI is InChI=1S/C13H15N3O/c1-10(11-5-3-2-4-6-11)17-13-12(9-14)15-7-8-16-13/h2-8,10H,9,14H2,1H3. The second-order valence-electron chi connectivity index (χ2n) is 3.68. The van der Waals surface area contributed by atoms with Gasteiger partial charge < -0.3 is 10.5 Å². The first-order chi connectivity index (χ1) is 8.31. The number of nitrogens with zero attached hydrogens (tertiary/aromatic N) is 2. The average molecular weight is 229 g/mol. The van der Waals surface area contributed by atoms with E-state index >= 15 is 0 Å². The summed E-state index contributed by atoms with van der Waals surface area (Å²) in [4.78, 5) is 8.28. The van der Waals surface area contributed by atoms with Crippen LogP contribution in [0.4, 0.5) is 0 Å². The normalized spacial score (nSPS) is 12.1. The van der Waals surface area contributed by atoms with Gasteiger partial charge in [-0.3, -0.25) is 4.98 Å². The van der Waals surface area contributed by atoms with Crippen LogP contribution in [0.25, 0.3) is 0 Å². The summed E-state index contributed by atoms with van der Waals surface area (Å²) in [5, 5.41) is 0. The Labute approximate surface area is 100 Å². The molecule has 17 heavy (non-hydrogen) atoms. The highest BCUT2D eigenvalue weighted by Crippen LogP contribution is 2.21. The van der Waals surface area contributed by atoms with E-state index in [4.69, 9.17) is 10.5 Å². The van der Waals surface area contributed by atoms with Crippen molar-refractivity contribution in [3.63, 3.8) is 0 Å². The van der Waals surface area contributed by atoms with E-state index in [1.165, 1.54) is 0 Å². The van der Waals surface area contributed by atoms with Gasteiger partial charge in [0.1, 0.15) is 11.8 Å². The molecule has 0 amide bonds. The van der Waals surface area contributed by atoms with Crippen LogP contribution in [0, 0.1) is 0 Å². The fraction of sp³-hybridized carbons (Fsp3) is 0.231. The minimum absolute atomic E-state index is 0.0711. The van der Waals surface area contributed by atoms with Crippen LogP contribution in [-0.4, -0.2) is 9.97 Å². The zero-order chi connectivity index (χ0) is 12.1. The Kier molecular flexibility index (Phi) is 3.67. The molecule has 0 spiro atoms. The van der Waals surface area contributed by atoms with Crippen molar-refractivity contribution in [2.45, 2.75) is 19.6 Å². The van der Waals surface area contributed by atoms with E-state index in [0.717, 1.165) is 5.56 Å². The molecule has 0 aliphatic heterocycles. The highest BCUT2D eigenvalue weighted by atomic mass is 16.5. The topological polar surface area (TPSA) is 61.0 Å². The Balaban J connectivity index is 2.16. The number of ether oxygens (including phenoxy) is 1. The first-order valence-corrected chi connectivity index (χ1v) is 5.53. The smallest absolute Gasteiger partial charge is 0.237 e. The van der Waals surface area contributed by atoms with Crippen molar-refractivity contribution in [1.29, 1.82) is 0 Å². The van der Waals surface area contributed by atoms with E-state index in [1.807, 2.05) is 37.3 Å². The SMILES string of the molecule is CC(Oc1nccnc1CN)c1ccccc1. The molecule has 0 aliphatic carbocycles. The van der Waals surface area contributed by atoms with E-state index < -0.39 is 0 Å². The molecule has 1 atom stereocenters. The molecule has 0 fully saturated rings. The maximum absolute atomic E-state index is 5.77. The van der Waals surface area contributed by atoms with Crippen molar-refractivity contribution < 1.29 is 4.74 Å². The molecule has 88 valence electrons. The van der Waals surface area contributed by atoms with Gasteiger partial charge in [0.25, 0.3) is 0 Å². The largest absolute Gasteiger partial charge is 0.468 e. The maximum Gasteiger partial charge on any atom is 0.237 e. The van der Waals surface area contributed by atoms with Crippen LogP contribution in [0.2, 0.25) is 0 Å². The van der Waals surface area contributed by atoms with Gasteiger partial charge in [-0.15, -0.1) is 0 Å². The van der Waals surface area contributed by atoms with Crippen molar-refractivity contribution in [2.24, 2.45) is 5.73 Å². The third-order valence-corrected chi connectivity index (χ3v) is 2.49. The fourth-order valence-electron chi connectivity index (χ4n) is 1.55. The Morgan fingerprint density at radius 2 is 1.88 bits per heavy atom. The summed E-state index contributed by atoms with van der Waals surface area (Å²) in [6, 6.07) is 9.97. The molecule has 2 N–H and O–H groups in total. The molecule has 2 aromatic rings. The van der Waals surface area contributed by atoms with Gasteiger partial charge in [0.2, 0.25) is 5.88 Å². The van der Waals surface area contributed by atoms with E-state index in [1.54, 1.807) is 12.4 Å². The number of nitrogens with two attached hydrogens (primary N) is 1.